The predicted molar refractivity (Wildman–Crippen MR) is 127 cm³/mol. The van der Waals surface area contributed by atoms with Gasteiger partial charge in [-0.15, -0.1) is 24.0 Å². The van der Waals surface area contributed by atoms with Crippen molar-refractivity contribution in [3.05, 3.63) is 0 Å². The molecule has 0 saturated carbocycles. The van der Waals surface area contributed by atoms with Crippen LogP contribution in [0.4, 0.5) is 0 Å². The lowest BCUT2D eigenvalue weighted by molar-refractivity contribution is -0.123. The maximum absolute atomic E-state index is 11.2. The lowest BCUT2D eigenvalue weighted by Crippen LogP contribution is -2.50. The predicted octanol–water partition coefficient (Wildman–Crippen LogP) is 1.62. The van der Waals surface area contributed by atoms with Crippen LogP contribution in [0.15, 0.2) is 4.99 Å². The van der Waals surface area contributed by atoms with E-state index in [0.717, 1.165) is 57.8 Å². The fourth-order valence-electron chi connectivity index (χ4n) is 4.06. The Morgan fingerprint density at radius 1 is 1.11 bits per heavy atom. The van der Waals surface area contributed by atoms with Gasteiger partial charge in [0.1, 0.15) is 0 Å². The number of piperidine rings is 2. The molecule has 8 heteroatoms. The first-order chi connectivity index (χ1) is 13.0. The summed E-state index contributed by atoms with van der Waals surface area (Å²) in [6, 6.07) is 1.17. The Bertz CT molecular complexity index is 471. The molecule has 2 aliphatic heterocycles. The molecule has 4 N–H and O–H groups in total. The van der Waals surface area contributed by atoms with Crippen molar-refractivity contribution in [2.24, 2.45) is 16.6 Å². The van der Waals surface area contributed by atoms with Crippen molar-refractivity contribution in [2.75, 3.05) is 46.3 Å². The van der Waals surface area contributed by atoms with Crippen LogP contribution in [0.1, 0.15) is 52.4 Å². The van der Waals surface area contributed by atoms with Gasteiger partial charge in [-0.2, -0.15) is 0 Å². The number of unbranched alkanes of at least 4 members (excludes halogenated alkanes) is 1. The van der Waals surface area contributed by atoms with E-state index >= 15 is 0 Å². The fraction of sp³-hybridized carbons (Fsp3) is 0.900. The summed E-state index contributed by atoms with van der Waals surface area (Å²) in [5.41, 5.74) is 5.40. The number of nitrogens with one attached hydrogen (secondary N) is 2. The first-order valence-electron chi connectivity index (χ1n) is 10.7. The molecule has 0 radical (unpaired) electrons. The number of nitrogens with zero attached hydrogens (tertiary/aromatic N) is 3. The van der Waals surface area contributed by atoms with Gasteiger partial charge in [-0.05, 0) is 72.0 Å². The summed E-state index contributed by atoms with van der Waals surface area (Å²) in [4.78, 5) is 20.6. The van der Waals surface area contributed by atoms with Crippen molar-refractivity contribution in [1.82, 2.24) is 20.4 Å². The summed E-state index contributed by atoms with van der Waals surface area (Å²) in [5.74, 6) is 0.887. The summed E-state index contributed by atoms with van der Waals surface area (Å²) in [6.07, 6.45) is 6.49. The molecule has 2 aliphatic rings. The van der Waals surface area contributed by atoms with Crippen LogP contribution in [0.2, 0.25) is 0 Å². The number of carbonyl (C=O) groups excluding carboxylic acids is 1. The van der Waals surface area contributed by atoms with Gasteiger partial charge in [0.2, 0.25) is 5.91 Å². The van der Waals surface area contributed by atoms with Gasteiger partial charge in [0, 0.05) is 44.7 Å². The van der Waals surface area contributed by atoms with Crippen molar-refractivity contribution in [3.63, 3.8) is 0 Å². The van der Waals surface area contributed by atoms with Gasteiger partial charge in [0.15, 0.2) is 5.96 Å². The number of amides is 1. The van der Waals surface area contributed by atoms with Gasteiger partial charge in [-0.25, -0.2) is 0 Å². The lowest BCUT2D eigenvalue weighted by atomic mass is 9.96. The maximum atomic E-state index is 11.2. The van der Waals surface area contributed by atoms with Crippen LogP contribution in [-0.2, 0) is 4.79 Å². The zero-order valence-corrected chi connectivity index (χ0v) is 20.3. The van der Waals surface area contributed by atoms with Gasteiger partial charge in [-0.1, -0.05) is 0 Å². The maximum Gasteiger partial charge on any atom is 0.220 e. The molecule has 7 nitrogen and oxygen atoms in total. The van der Waals surface area contributed by atoms with Crippen molar-refractivity contribution in [2.45, 2.75) is 64.5 Å². The minimum atomic E-state index is -0.132. The van der Waals surface area contributed by atoms with Gasteiger partial charge in [0.05, 0.1) is 0 Å². The zero-order chi connectivity index (χ0) is 19.6. The monoisotopic (exact) mass is 508 g/mol. The molecule has 0 aliphatic carbocycles. The van der Waals surface area contributed by atoms with Gasteiger partial charge >= 0.3 is 0 Å². The van der Waals surface area contributed by atoms with E-state index < -0.39 is 0 Å². The third kappa shape index (κ3) is 8.82. The number of aliphatic imine (C=N–C) groups is 1. The molecule has 0 atom stereocenters. The summed E-state index contributed by atoms with van der Waals surface area (Å²) in [5, 5.41) is 7.03. The summed E-state index contributed by atoms with van der Waals surface area (Å²) >= 11 is 0. The number of carbonyl (C=O) groups is 1. The zero-order valence-electron chi connectivity index (χ0n) is 18.0. The molecular formula is C20H41IN6O. The lowest BCUT2D eigenvalue weighted by Gasteiger charge is -2.35. The average Bonchev–Trinajstić information content (AvgIpc) is 2.67. The van der Waals surface area contributed by atoms with Crippen molar-refractivity contribution >= 4 is 35.8 Å². The minimum absolute atomic E-state index is 0. The Hall–Kier alpha value is -0.610. The number of hydrogen-bond acceptors (Lipinski definition) is 4. The third-order valence-electron chi connectivity index (χ3n) is 6.01. The molecule has 164 valence electrons. The topological polar surface area (TPSA) is 86.0 Å². The molecule has 1 amide bonds. The number of halogens is 1. The van der Waals surface area contributed by atoms with E-state index in [-0.39, 0.29) is 35.8 Å². The second-order valence-electron chi connectivity index (χ2n) is 8.27. The Balaban J connectivity index is 0.00000392. The number of likely N-dealkylation sites (tertiary alicyclic amines) is 2. The Kier molecular flexibility index (Phi) is 12.3. The first kappa shape index (κ1) is 25.4. The molecule has 28 heavy (non-hydrogen) atoms. The largest absolute Gasteiger partial charge is 0.369 e. The standard InChI is InChI=1S/C20H40N6O.HI/c1-16(2)26-14-8-18(9-15-26)24-20(22-3)23-10-4-5-11-25-12-6-17(7-13-25)19(21)27;/h16-18H,4-15H2,1-3H3,(H2,21,27)(H2,22,23,24);1H. The second kappa shape index (κ2) is 13.6. The number of hydrogen-bond donors (Lipinski definition) is 3. The highest BCUT2D eigenvalue weighted by Crippen LogP contribution is 2.17. The van der Waals surface area contributed by atoms with E-state index in [2.05, 4.69) is 39.3 Å². The van der Waals surface area contributed by atoms with Crippen molar-refractivity contribution < 1.29 is 4.79 Å². The van der Waals surface area contributed by atoms with Crippen LogP contribution in [0.5, 0.6) is 0 Å². The Morgan fingerprint density at radius 2 is 1.75 bits per heavy atom. The smallest absolute Gasteiger partial charge is 0.220 e. The van der Waals surface area contributed by atoms with Crippen LogP contribution in [0.3, 0.4) is 0 Å². The highest BCUT2D eigenvalue weighted by molar-refractivity contribution is 14.0. The molecule has 0 aromatic carbocycles. The van der Waals surface area contributed by atoms with Gasteiger partial charge in [0.25, 0.3) is 0 Å². The first-order valence-corrected chi connectivity index (χ1v) is 10.7. The highest BCUT2D eigenvalue weighted by Gasteiger charge is 2.23. The summed E-state index contributed by atoms with van der Waals surface area (Å²) in [6.45, 7) is 10.9. The van der Waals surface area contributed by atoms with E-state index in [1.807, 2.05) is 7.05 Å². The van der Waals surface area contributed by atoms with Crippen LogP contribution < -0.4 is 16.4 Å². The van der Waals surface area contributed by atoms with Gasteiger partial charge in [-0.3, -0.25) is 9.79 Å². The number of nitrogens with two attached hydrogens (primary N) is 1. The minimum Gasteiger partial charge on any atom is -0.369 e. The number of rotatable bonds is 8. The van der Waals surface area contributed by atoms with Crippen LogP contribution in [0.25, 0.3) is 0 Å². The molecule has 2 saturated heterocycles. The van der Waals surface area contributed by atoms with Gasteiger partial charge < -0.3 is 26.2 Å². The van der Waals surface area contributed by atoms with E-state index in [0.29, 0.717) is 12.1 Å². The second-order valence-corrected chi connectivity index (χ2v) is 8.27. The number of guanidine groups is 1. The molecule has 2 fully saturated rings. The SMILES string of the molecule is CN=C(NCCCCN1CCC(C(N)=O)CC1)NC1CCN(C(C)C)CC1.I. The normalized spacial score (nSPS) is 20.8. The summed E-state index contributed by atoms with van der Waals surface area (Å²) in [7, 11) is 1.85. The molecule has 0 aromatic rings. The Morgan fingerprint density at radius 3 is 2.29 bits per heavy atom. The molecule has 2 rings (SSSR count). The highest BCUT2D eigenvalue weighted by atomic mass is 127. The molecular weight excluding hydrogens is 467 g/mol. The molecule has 0 bridgehead atoms. The van der Waals surface area contributed by atoms with Crippen LogP contribution in [-0.4, -0.2) is 80.1 Å². The third-order valence-corrected chi connectivity index (χ3v) is 6.01. The van der Waals surface area contributed by atoms with E-state index in [1.54, 1.807) is 0 Å². The molecule has 0 spiro atoms. The molecule has 0 aromatic heterocycles. The summed E-state index contributed by atoms with van der Waals surface area (Å²) < 4.78 is 0. The van der Waals surface area contributed by atoms with E-state index in [9.17, 15) is 4.79 Å². The van der Waals surface area contributed by atoms with Crippen LogP contribution in [0, 0.1) is 5.92 Å². The quantitative estimate of drug-likeness (QED) is 0.201. The Labute approximate surface area is 188 Å². The van der Waals surface area contributed by atoms with E-state index in [1.165, 1.54) is 25.9 Å². The molecule has 2 heterocycles. The molecule has 0 unspecified atom stereocenters. The van der Waals surface area contributed by atoms with Crippen molar-refractivity contribution in [1.29, 1.82) is 0 Å². The average molecular weight is 508 g/mol. The van der Waals surface area contributed by atoms with E-state index in [4.69, 9.17) is 5.73 Å². The fourth-order valence-corrected chi connectivity index (χ4v) is 4.06. The number of primary amides is 1. The van der Waals surface area contributed by atoms with Crippen LogP contribution >= 0.6 is 24.0 Å². The van der Waals surface area contributed by atoms with Crippen molar-refractivity contribution in [3.8, 4) is 0 Å².